The molecular weight excluding hydrogens is 231 g/mol. The SMILES string of the molecule is ClC1(Cl)[n+]2ccccc2-c2cccc[n+]21. The van der Waals surface area contributed by atoms with Gasteiger partial charge in [-0.2, -0.15) is 0 Å². The van der Waals surface area contributed by atoms with Crippen LogP contribution in [0.2, 0.25) is 0 Å². The molecular formula is C11H8Cl2N2+2. The number of rotatable bonds is 0. The van der Waals surface area contributed by atoms with E-state index in [-0.39, 0.29) is 0 Å². The molecule has 0 radical (unpaired) electrons. The van der Waals surface area contributed by atoms with E-state index in [0.717, 1.165) is 11.4 Å². The van der Waals surface area contributed by atoms with E-state index in [1.165, 1.54) is 0 Å². The summed E-state index contributed by atoms with van der Waals surface area (Å²) in [6, 6.07) is 11.8. The second-order valence-electron chi connectivity index (χ2n) is 3.42. The molecule has 3 heterocycles. The Morgan fingerprint density at radius 1 is 0.800 bits per heavy atom. The van der Waals surface area contributed by atoms with E-state index in [1.54, 1.807) is 0 Å². The molecule has 3 rings (SSSR count). The molecule has 1 aliphatic rings. The van der Waals surface area contributed by atoms with Crippen LogP contribution in [0.1, 0.15) is 0 Å². The van der Waals surface area contributed by atoms with Crippen molar-refractivity contribution in [2.75, 3.05) is 0 Å². The highest BCUT2D eigenvalue weighted by Gasteiger charge is 2.56. The van der Waals surface area contributed by atoms with Crippen LogP contribution < -0.4 is 9.13 Å². The minimum Gasteiger partial charge on any atom is -0.0982 e. The van der Waals surface area contributed by atoms with Crippen molar-refractivity contribution >= 4 is 23.2 Å². The molecule has 74 valence electrons. The summed E-state index contributed by atoms with van der Waals surface area (Å²) in [5.41, 5.74) is 2.03. The van der Waals surface area contributed by atoms with Crippen LogP contribution in [0.5, 0.6) is 0 Å². The molecule has 0 saturated carbocycles. The smallest absolute Gasteiger partial charge is 0.0982 e. The van der Waals surface area contributed by atoms with Gasteiger partial charge in [0.1, 0.15) is 0 Å². The number of fused-ring (bicyclic) bond motifs is 3. The summed E-state index contributed by atoms with van der Waals surface area (Å²) in [4.78, 5) is 0. The molecule has 0 unspecified atom stereocenters. The second kappa shape index (κ2) is 2.94. The van der Waals surface area contributed by atoms with Gasteiger partial charge < -0.3 is 0 Å². The molecule has 4 heteroatoms. The van der Waals surface area contributed by atoms with Crippen LogP contribution in [0.15, 0.2) is 48.8 Å². The molecule has 0 bridgehead atoms. The van der Waals surface area contributed by atoms with Gasteiger partial charge in [0.2, 0.25) is 0 Å². The lowest BCUT2D eigenvalue weighted by atomic mass is 10.2. The molecule has 0 fully saturated rings. The van der Waals surface area contributed by atoms with Crippen LogP contribution in [-0.4, -0.2) is 0 Å². The number of nitrogens with zero attached hydrogens (tertiary/aromatic N) is 2. The third-order valence-corrected chi connectivity index (χ3v) is 3.29. The Morgan fingerprint density at radius 2 is 1.27 bits per heavy atom. The minimum atomic E-state index is -1.06. The average Bonchev–Trinajstić information content (AvgIpc) is 2.51. The zero-order valence-electron chi connectivity index (χ0n) is 7.77. The molecule has 0 saturated heterocycles. The first-order valence-electron chi connectivity index (χ1n) is 4.62. The van der Waals surface area contributed by atoms with Gasteiger partial charge >= 0.3 is 4.58 Å². The van der Waals surface area contributed by atoms with E-state index >= 15 is 0 Å². The van der Waals surface area contributed by atoms with E-state index in [9.17, 15) is 0 Å². The molecule has 0 aliphatic carbocycles. The summed E-state index contributed by atoms with van der Waals surface area (Å²) in [5.74, 6) is 0. The molecule has 1 aliphatic heterocycles. The van der Waals surface area contributed by atoms with E-state index in [2.05, 4.69) is 0 Å². The quantitative estimate of drug-likeness (QED) is 0.489. The van der Waals surface area contributed by atoms with Crippen LogP contribution in [-0.2, 0) is 4.58 Å². The maximum absolute atomic E-state index is 6.32. The second-order valence-corrected chi connectivity index (χ2v) is 4.67. The minimum absolute atomic E-state index is 1.02. The first-order chi connectivity index (χ1) is 7.21. The first-order valence-corrected chi connectivity index (χ1v) is 5.37. The maximum Gasteiger partial charge on any atom is 0.527 e. The molecule has 0 N–H and O–H groups in total. The zero-order chi connectivity index (χ0) is 10.5. The van der Waals surface area contributed by atoms with Gasteiger partial charge in [-0.3, -0.25) is 0 Å². The molecule has 2 aromatic rings. The van der Waals surface area contributed by atoms with Crippen LogP contribution in [0.3, 0.4) is 0 Å². The van der Waals surface area contributed by atoms with E-state index < -0.39 is 4.58 Å². The summed E-state index contributed by atoms with van der Waals surface area (Å²) in [6.45, 7) is 0. The third kappa shape index (κ3) is 1.12. The van der Waals surface area contributed by atoms with Crippen molar-refractivity contribution in [1.82, 2.24) is 0 Å². The summed E-state index contributed by atoms with van der Waals surface area (Å²) in [6.07, 6.45) is 3.75. The molecule has 2 nitrogen and oxygen atoms in total. The zero-order valence-corrected chi connectivity index (χ0v) is 9.28. The largest absolute Gasteiger partial charge is 0.527 e. The Morgan fingerprint density at radius 3 is 1.73 bits per heavy atom. The molecule has 0 spiro atoms. The first kappa shape index (κ1) is 9.13. The predicted molar refractivity (Wildman–Crippen MR) is 57.3 cm³/mol. The number of aromatic nitrogens is 2. The van der Waals surface area contributed by atoms with Crippen LogP contribution in [0.25, 0.3) is 11.4 Å². The average molecular weight is 239 g/mol. The van der Waals surface area contributed by atoms with Gasteiger partial charge in [-0.25, -0.2) is 0 Å². The fourth-order valence-corrected chi connectivity index (χ4v) is 2.48. The van der Waals surface area contributed by atoms with Crippen molar-refractivity contribution in [3.8, 4) is 11.4 Å². The van der Waals surface area contributed by atoms with Crippen molar-refractivity contribution < 1.29 is 9.13 Å². The number of pyridine rings is 2. The Hall–Kier alpha value is -1.12. The van der Waals surface area contributed by atoms with Gasteiger partial charge in [-0.1, -0.05) is 9.13 Å². The molecule has 15 heavy (non-hydrogen) atoms. The van der Waals surface area contributed by atoms with Gasteiger partial charge in [-0.15, -0.1) is 0 Å². The van der Waals surface area contributed by atoms with Gasteiger partial charge in [0.05, 0.1) is 23.2 Å². The van der Waals surface area contributed by atoms with Gasteiger partial charge in [0.25, 0.3) is 11.4 Å². The topological polar surface area (TPSA) is 7.76 Å². The molecule has 0 amide bonds. The van der Waals surface area contributed by atoms with Gasteiger partial charge in [-0.05, 0) is 12.1 Å². The Balaban J connectivity index is 2.42. The van der Waals surface area contributed by atoms with Crippen LogP contribution in [0, 0.1) is 0 Å². The van der Waals surface area contributed by atoms with Crippen molar-refractivity contribution in [3.05, 3.63) is 48.8 Å². The molecule has 0 aromatic carbocycles. The molecule has 2 aromatic heterocycles. The van der Waals surface area contributed by atoms with E-state index in [1.807, 2.05) is 57.9 Å². The maximum atomic E-state index is 6.32. The number of alkyl halides is 2. The monoisotopic (exact) mass is 238 g/mol. The fourth-order valence-electron chi connectivity index (χ4n) is 1.89. The van der Waals surface area contributed by atoms with E-state index in [0.29, 0.717) is 0 Å². The number of hydrogen-bond acceptors (Lipinski definition) is 0. The van der Waals surface area contributed by atoms with Crippen molar-refractivity contribution in [2.45, 2.75) is 4.58 Å². The summed E-state index contributed by atoms with van der Waals surface area (Å²) >= 11 is 12.6. The lowest BCUT2D eigenvalue weighted by molar-refractivity contribution is -0.907. The van der Waals surface area contributed by atoms with Gasteiger partial charge in [0.15, 0.2) is 12.4 Å². The lowest BCUT2D eigenvalue weighted by Gasteiger charge is -2.01. The summed E-state index contributed by atoms with van der Waals surface area (Å²) in [5, 5.41) is 0. The Kier molecular flexibility index (Phi) is 1.79. The number of halogens is 2. The van der Waals surface area contributed by atoms with Crippen molar-refractivity contribution in [2.24, 2.45) is 0 Å². The number of hydrogen-bond donors (Lipinski definition) is 0. The Labute approximate surface area is 97.3 Å². The molecule has 0 atom stereocenters. The highest BCUT2D eigenvalue weighted by atomic mass is 35.5. The highest BCUT2D eigenvalue weighted by Crippen LogP contribution is 2.28. The summed E-state index contributed by atoms with van der Waals surface area (Å²) in [7, 11) is 0. The van der Waals surface area contributed by atoms with Gasteiger partial charge in [0, 0.05) is 24.3 Å². The van der Waals surface area contributed by atoms with Crippen LogP contribution >= 0.6 is 23.2 Å². The predicted octanol–water partition coefficient (Wildman–Crippen LogP) is 1.84. The highest BCUT2D eigenvalue weighted by molar-refractivity contribution is 6.43. The van der Waals surface area contributed by atoms with E-state index in [4.69, 9.17) is 23.2 Å². The fraction of sp³-hybridized carbons (Fsp3) is 0.0909. The Bertz CT molecular complexity index is 490. The third-order valence-electron chi connectivity index (χ3n) is 2.56. The normalized spacial score (nSPS) is 15.9. The standard InChI is InChI=1S/C11H8Cl2N2/c12-11(13)14-7-3-1-5-9(14)10-6-2-4-8-15(10)11/h1-8H/q+2. The summed E-state index contributed by atoms with van der Waals surface area (Å²) < 4.78 is 2.62. The van der Waals surface area contributed by atoms with Crippen molar-refractivity contribution in [1.29, 1.82) is 0 Å². The van der Waals surface area contributed by atoms with Crippen molar-refractivity contribution in [3.63, 3.8) is 0 Å². The lowest BCUT2D eigenvalue weighted by Crippen LogP contribution is -2.62. The van der Waals surface area contributed by atoms with Crippen LogP contribution in [0.4, 0.5) is 0 Å².